The minimum Gasteiger partial charge on any atom is -0.0827 e. The Morgan fingerprint density at radius 1 is 0.700 bits per heavy atom. The largest absolute Gasteiger partial charge is 0.0827 e. The summed E-state index contributed by atoms with van der Waals surface area (Å²) >= 11 is 11.7. The van der Waals surface area contributed by atoms with Crippen molar-refractivity contribution in [2.24, 2.45) is 0 Å². The summed E-state index contributed by atoms with van der Waals surface area (Å²) in [6.45, 7) is 0. The van der Waals surface area contributed by atoms with Crippen molar-refractivity contribution in [2.75, 3.05) is 0 Å². The Labute approximate surface area is 129 Å². The van der Waals surface area contributed by atoms with E-state index in [0.717, 1.165) is 11.1 Å². The van der Waals surface area contributed by atoms with Gasteiger partial charge < -0.3 is 0 Å². The molecule has 0 fully saturated rings. The molecule has 20 heavy (non-hydrogen) atoms. The van der Waals surface area contributed by atoms with E-state index in [4.69, 9.17) is 23.2 Å². The Morgan fingerprint density at radius 2 is 1.45 bits per heavy atom. The zero-order valence-corrected chi connectivity index (χ0v) is 12.2. The van der Waals surface area contributed by atoms with Gasteiger partial charge >= 0.3 is 0 Å². The average Bonchev–Trinajstić information content (AvgIpc) is 2.53. The molecule has 0 bridgehead atoms. The normalized spacial score (nSPS) is 9.50. The Balaban J connectivity index is 0.000000205. The van der Waals surface area contributed by atoms with Crippen LogP contribution < -0.4 is 0 Å². The minimum atomic E-state index is 0.571. The summed E-state index contributed by atoms with van der Waals surface area (Å²) in [4.78, 5) is 0. The summed E-state index contributed by atoms with van der Waals surface area (Å²) in [7, 11) is 0. The van der Waals surface area contributed by atoms with E-state index < -0.39 is 0 Å². The second kappa shape index (κ2) is 7.74. The molecule has 0 aliphatic heterocycles. The third kappa shape index (κ3) is 4.41. The van der Waals surface area contributed by atoms with Gasteiger partial charge in [-0.1, -0.05) is 83.9 Å². The lowest BCUT2D eigenvalue weighted by Crippen LogP contribution is -1.77. The van der Waals surface area contributed by atoms with E-state index in [-0.39, 0.29) is 0 Å². The molecule has 0 aromatic heterocycles. The van der Waals surface area contributed by atoms with Gasteiger partial charge in [0.2, 0.25) is 0 Å². The van der Waals surface area contributed by atoms with Crippen molar-refractivity contribution in [3.63, 3.8) is 0 Å². The maximum atomic E-state index is 5.92. The maximum Gasteiger partial charge on any atom is 0.0598 e. The molecule has 3 aromatic rings. The topological polar surface area (TPSA) is 0 Å². The van der Waals surface area contributed by atoms with E-state index in [0.29, 0.717) is 10.0 Å². The molecule has 2 heteroatoms. The second-order valence-corrected chi connectivity index (χ2v) is 4.80. The van der Waals surface area contributed by atoms with Gasteiger partial charge in [0.15, 0.2) is 0 Å². The third-order valence-corrected chi connectivity index (χ3v) is 3.29. The Morgan fingerprint density at radius 3 is 1.95 bits per heavy atom. The van der Waals surface area contributed by atoms with Crippen LogP contribution in [0.1, 0.15) is 0 Å². The average molecular weight is 299 g/mol. The summed E-state index contributed by atoms with van der Waals surface area (Å²) in [5.41, 5.74) is 2.05. The number of halogens is 2. The highest BCUT2D eigenvalue weighted by atomic mass is 35.5. The minimum absolute atomic E-state index is 0.571. The molecule has 0 aliphatic rings. The molecule has 0 nitrogen and oxygen atoms in total. The molecule has 0 N–H and O–H groups in total. The monoisotopic (exact) mass is 298 g/mol. The first-order valence-electron chi connectivity index (χ1n) is 6.10. The molecule has 0 heterocycles. The molecule has 0 saturated heterocycles. The van der Waals surface area contributed by atoms with Crippen molar-refractivity contribution in [1.29, 1.82) is 0 Å². The zero-order chi connectivity index (χ0) is 14.2. The van der Waals surface area contributed by atoms with Gasteiger partial charge in [0.1, 0.15) is 0 Å². The fourth-order valence-electron chi connectivity index (χ4n) is 1.58. The fourth-order valence-corrected chi connectivity index (χ4v) is 1.88. The predicted octanol–water partition coefficient (Wildman–Crippen LogP) is 5.95. The molecule has 3 aromatic carbocycles. The summed E-state index contributed by atoms with van der Waals surface area (Å²) in [6, 6.07) is 29.0. The van der Waals surface area contributed by atoms with Gasteiger partial charge in [0.05, 0.1) is 10.0 Å². The van der Waals surface area contributed by atoms with Crippen molar-refractivity contribution in [2.45, 2.75) is 0 Å². The summed E-state index contributed by atoms with van der Waals surface area (Å²) < 4.78 is 0. The molecule has 0 amide bonds. The van der Waals surface area contributed by atoms with Crippen molar-refractivity contribution >= 4 is 23.2 Å². The highest BCUT2D eigenvalue weighted by Crippen LogP contribution is 2.27. The van der Waals surface area contributed by atoms with Crippen LogP contribution in [-0.4, -0.2) is 0 Å². The van der Waals surface area contributed by atoms with Gasteiger partial charge in [-0.3, -0.25) is 0 Å². The first kappa shape index (κ1) is 14.6. The molecule has 98 valence electrons. The Bertz CT molecular complexity index is 607. The molecule has 0 aliphatic carbocycles. The van der Waals surface area contributed by atoms with Gasteiger partial charge in [0, 0.05) is 0 Å². The molecule has 0 saturated carbocycles. The first-order chi connectivity index (χ1) is 9.77. The van der Waals surface area contributed by atoms with Gasteiger partial charge in [0.25, 0.3) is 0 Å². The smallest absolute Gasteiger partial charge is 0.0598 e. The molecule has 0 atom stereocenters. The lowest BCUT2D eigenvalue weighted by atomic mass is 10.1. The van der Waals surface area contributed by atoms with Crippen molar-refractivity contribution < 1.29 is 0 Å². The van der Waals surface area contributed by atoms with E-state index >= 15 is 0 Å². The van der Waals surface area contributed by atoms with Gasteiger partial charge in [-0.05, 0) is 35.4 Å². The lowest BCUT2D eigenvalue weighted by Gasteiger charge is -2.02. The summed E-state index contributed by atoms with van der Waals surface area (Å²) in [5, 5.41) is 1.15. The quantitative estimate of drug-likeness (QED) is 0.521. The standard InChI is InChI=1S/C12H7Cl2.C6H5/c13-11-7-6-10(8-12(11)14)9-4-2-1-3-5-9;1-2-4-6-5-3-1/h1-4,6-8H;1-5H. The van der Waals surface area contributed by atoms with E-state index in [9.17, 15) is 0 Å². The highest BCUT2D eigenvalue weighted by molar-refractivity contribution is 6.42. The van der Waals surface area contributed by atoms with E-state index in [1.807, 2.05) is 66.7 Å². The van der Waals surface area contributed by atoms with Crippen LogP contribution >= 0.6 is 23.2 Å². The number of benzene rings is 3. The van der Waals surface area contributed by atoms with Crippen LogP contribution in [0.3, 0.4) is 0 Å². The lowest BCUT2D eigenvalue weighted by molar-refractivity contribution is 1.61. The van der Waals surface area contributed by atoms with Crippen LogP contribution in [0.15, 0.2) is 72.8 Å². The third-order valence-electron chi connectivity index (χ3n) is 2.55. The first-order valence-corrected chi connectivity index (χ1v) is 6.86. The molecule has 3 rings (SSSR count). The molecule has 2 radical (unpaired) electrons. The van der Waals surface area contributed by atoms with Crippen LogP contribution in [-0.2, 0) is 0 Å². The van der Waals surface area contributed by atoms with Gasteiger partial charge in [-0.25, -0.2) is 0 Å². The van der Waals surface area contributed by atoms with Crippen LogP contribution in [0, 0.1) is 12.1 Å². The number of hydrogen-bond acceptors (Lipinski definition) is 0. The fraction of sp³-hybridized carbons (Fsp3) is 0. The van der Waals surface area contributed by atoms with E-state index in [1.165, 1.54) is 0 Å². The Hall–Kier alpha value is -1.76. The Kier molecular flexibility index (Phi) is 5.67. The summed E-state index contributed by atoms with van der Waals surface area (Å²) in [5.74, 6) is 0. The number of rotatable bonds is 1. The van der Waals surface area contributed by atoms with Crippen molar-refractivity contribution in [3.8, 4) is 11.1 Å². The van der Waals surface area contributed by atoms with Crippen molar-refractivity contribution in [3.05, 3.63) is 95.0 Å². The second-order valence-electron chi connectivity index (χ2n) is 3.98. The maximum absolute atomic E-state index is 5.92. The van der Waals surface area contributed by atoms with E-state index in [2.05, 4.69) is 12.1 Å². The van der Waals surface area contributed by atoms with Crippen molar-refractivity contribution in [1.82, 2.24) is 0 Å². The molecular formula is C18H12Cl2. The van der Waals surface area contributed by atoms with Gasteiger partial charge in [-0.15, -0.1) is 0 Å². The van der Waals surface area contributed by atoms with Gasteiger partial charge in [-0.2, -0.15) is 0 Å². The molecule has 0 unspecified atom stereocenters. The predicted molar refractivity (Wildman–Crippen MR) is 86.0 cm³/mol. The molecular weight excluding hydrogens is 287 g/mol. The van der Waals surface area contributed by atoms with Crippen LogP contribution in [0.4, 0.5) is 0 Å². The number of hydrogen-bond donors (Lipinski definition) is 0. The van der Waals surface area contributed by atoms with Crippen LogP contribution in [0.5, 0.6) is 0 Å². The molecule has 0 spiro atoms. The van der Waals surface area contributed by atoms with E-state index in [1.54, 1.807) is 6.07 Å². The highest BCUT2D eigenvalue weighted by Gasteiger charge is 2.00. The SMILES string of the molecule is Clc1ccc(-c2[c]cccc2)cc1Cl.[c]1ccccc1. The summed E-state index contributed by atoms with van der Waals surface area (Å²) in [6.07, 6.45) is 0. The van der Waals surface area contributed by atoms with Crippen LogP contribution in [0.25, 0.3) is 11.1 Å². The zero-order valence-electron chi connectivity index (χ0n) is 10.7. The van der Waals surface area contributed by atoms with Crippen LogP contribution in [0.2, 0.25) is 10.0 Å².